The molecule has 0 radical (unpaired) electrons. The van der Waals surface area contributed by atoms with E-state index in [4.69, 9.17) is 8.83 Å². The van der Waals surface area contributed by atoms with Crippen LogP contribution in [0, 0.1) is 0 Å². The number of alkyl halides is 3. The summed E-state index contributed by atoms with van der Waals surface area (Å²) in [6.07, 6.45) is -2.27. The van der Waals surface area contributed by atoms with Crippen molar-refractivity contribution in [1.82, 2.24) is 4.90 Å². The fourth-order valence-corrected chi connectivity index (χ4v) is 1.56. The molecule has 0 aliphatic rings. The van der Waals surface area contributed by atoms with E-state index in [1.807, 2.05) is 0 Å². The van der Waals surface area contributed by atoms with Gasteiger partial charge in [-0.25, -0.2) is 0 Å². The summed E-state index contributed by atoms with van der Waals surface area (Å²) in [6, 6.07) is 6.08. The minimum Gasteiger partial charge on any atom is -0.467 e. The van der Waals surface area contributed by atoms with Gasteiger partial charge in [0.15, 0.2) is 0 Å². The third kappa shape index (κ3) is 3.40. The lowest BCUT2D eigenvalue weighted by Crippen LogP contribution is -2.40. The summed E-state index contributed by atoms with van der Waals surface area (Å²) >= 11 is 0. The molecule has 19 heavy (non-hydrogen) atoms. The predicted octanol–water partition coefficient (Wildman–Crippen LogP) is 2.96. The number of halogens is 3. The highest BCUT2D eigenvalue weighted by Crippen LogP contribution is 2.22. The van der Waals surface area contributed by atoms with Crippen LogP contribution in [0.2, 0.25) is 0 Å². The molecular weight excluding hydrogens is 263 g/mol. The van der Waals surface area contributed by atoms with Crippen molar-refractivity contribution < 1.29 is 26.8 Å². The van der Waals surface area contributed by atoms with E-state index in [-0.39, 0.29) is 24.6 Å². The molecule has 2 rings (SSSR count). The summed E-state index contributed by atoms with van der Waals surface area (Å²) in [6.45, 7) is -0.544. The van der Waals surface area contributed by atoms with Crippen LogP contribution in [0.3, 0.4) is 0 Å². The topological polar surface area (TPSA) is 46.6 Å². The smallest absolute Gasteiger partial charge is 0.467 e. The molecule has 0 atom stereocenters. The molecule has 4 nitrogen and oxygen atoms in total. The maximum absolute atomic E-state index is 12.5. The SMILES string of the molecule is O=C(N(Cc1ccco1)Cc1ccco1)C(F)(F)F. The van der Waals surface area contributed by atoms with Gasteiger partial charge in [0.25, 0.3) is 0 Å². The highest BCUT2D eigenvalue weighted by Gasteiger charge is 2.42. The molecule has 0 unspecified atom stereocenters. The van der Waals surface area contributed by atoms with Crippen LogP contribution < -0.4 is 0 Å². The average Bonchev–Trinajstić information content (AvgIpc) is 2.98. The van der Waals surface area contributed by atoms with Crippen LogP contribution in [0.4, 0.5) is 13.2 Å². The minimum atomic E-state index is -4.93. The number of hydrogen-bond donors (Lipinski definition) is 0. The molecule has 0 bridgehead atoms. The number of rotatable bonds is 4. The Morgan fingerprint density at radius 2 is 1.53 bits per heavy atom. The van der Waals surface area contributed by atoms with E-state index < -0.39 is 12.1 Å². The molecule has 102 valence electrons. The fourth-order valence-electron chi connectivity index (χ4n) is 1.56. The van der Waals surface area contributed by atoms with Crippen molar-refractivity contribution in [2.45, 2.75) is 19.3 Å². The Kier molecular flexibility index (Phi) is 3.64. The summed E-state index contributed by atoms with van der Waals surface area (Å²) < 4.78 is 47.4. The Hall–Kier alpha value is -2.18. The molecule has 0 spiro atoms. The maximum atomic E-state index is 12.5. The van der Waals surface area contributed by atoms with Crippen LogP contribution in [0.5, 0.6) is 0 Å². The van der Waals surface area contributed by atoms with Crippen LogP contribution in [-0.4, -0.2) is 17.0 Å². The van der Waals surface area contributed by atoms with E-state index in [0.29, 0.717) is 4.90 Å². The van der Waals surface area contributed by atoms with Crippen LogP contribution in [0.1, 0.15) is 11.5 Å². The van der Waals surface area contributed by atoms with Gasteiger partial charge in [0.1, 0.15) is 11.5 Å². The Labute approximate surface area is 106 Å². The van der Waals surface area contributed by atoms with Crippen LogP contribution in [0.15, 0.2) is 45.6 Å². The zero-order valence-electron chi connectivity index (χ0n) is 9.68. The predicted molar refractivity (Wildman–Crippen MR) is 57.7 cm³/mol. The molecule has 0 aromatic carbocycles. The Morgan fingerprint density at radius 1 is 1.05 bits per heavy atom. The lowest BCUT2D eigenvalue weighted by molar-refractivity contribution is -0.187. The lowest BCUT2D eigenvalue weighted by atomic mass is 10.3. The normalized spacial score (nSPS) is 11.5. The Balaban J connectivity index is 2.15. The molecule has 0 saturated carbocycles. The zero-order valence-corrected chi connectivity index (χ0v) is 9.68. The summed E-state index contributed by atoms with van der Waals surface area (Å²) in [5.41, 5.74) is 0. The molecule has 7 heteroatoms. The number of furan rings is 2. The number of nitrogens with zero attached hydrogens (tertiary/aromatic N) is 1. The van der Waals surface area contributed by atoms with E-state index in [1.165, 1.54) is 24.7 Å². The number of carbonyl (C=O) groups is 1. The van der Waals surface area contributed by atoms with Gasteiger partial charge in [-0.2, -0.15) is 13.2 Å². The van der Waals surface area contributed by atoms with Crippen LogP contribution in [-0.2, 0) is 17.9 Å². The van der Waals surface area contributed by atoms with Crippen molar-refractivity contribution in [3.05, 3.63) is 48.3 Å². The van der Waals surface area contributed by atoms with Crippen molar-refractivity contribution >= 4 is 5.91 Å². The van der Waals surface area contributed by atoms with E-state index >= 15 is 0 Å². The second kappa shape index (κ2) is 5.21. The average molecular weight is 273 g/mol. The van der Waals surface area contributed by atoms with Crippen molar-refractivity contribution in [2.75, 3.05) is 0 Å². The van der Waals surface area contributed by atoms with E-state index in [1.54, 1.807) is 12.1 Å². The summed E-state index contributed by atoms with van der Waals surface area (Å²) in [5.74, 6) is -1.39. The fraction of sp³-hybridized carbons (Fsp3) is 0.250. The molecule has 2 aromatic rings. The Morgan fingerprint density at radius 3 is 1.84 bits per heavy atom. The highest BCUT2D eigenvalue weighted by molar-refractivity contribution is 5.81. The zero-order chi connectivity index (χ0) is 13.9. The highest BCUT2D eigenvalue weighted by atomic mass is 19.4. The second-order valence-electron chi connectivity index (χ2n) is 3.82. The molecular formula is C12H10F3NO3. The molecule has 1 amide bonds. The van der Waals surface area contributed by atoms with E-state index in [9.17, 15) is 18.0 Å². The Bertz CT molecular complexity index is 481. The van der Waals surface area contributed by atoms with Crippen molar-refractivity contribution in [3.63, 3.8) is 0 Å². The number of carbonyl (C=O) groups excluding carboxylic acids is 1. The van der Waals surface area contributed by atoms with Gasteiger partial charge in [-0.05, 0) is 24.3 Å². The van der Waals surface area contributed by atoms with Gasteiger partial charge < -0.3 is 13.7 Å². The number of hydrogen-bond acceptors (Lipinski definition) is 3. The molecule has 0 aliphatic carbocycles. The number of amides is 1. The first kappa shape index (κ1) is 13.3. The third-order valence-electron chi connectivity index (χ3n) is 2.38. The summed E-state index contributed by atoms with van der Waals surface area (Å²) in [5, 5.41) is 0. The van der Waals surface area contributed by atoms with Gasteiger partial charge in [-0.15, -0.1) is 0 Å². The first-order valence-corrected chi connectivity index (χ1v) is 5.37. The van der Waals surface area contributed by atoms with Gasteiger partial charge in [-0.1, -0.05) is 0 Å². The van der Waals surface area contributed by atoms with Gasteiger partial charge in [0, 0.05) is 0 Å². The van der Waals surface area contributed by atoms with Crippen molar-refractivity contribution in [1.29, 1.82) is 0 Å². The first-order valence-electron chi connectivity index (χ1n) is 5.37. The molecule has 0 N–H and O–H groups in total. The molecule has 0 saturated heterocycles. The van der Waals surface area contributed by atoms with E-state index in [0.717, 1.165) is 0 Å². The lowest BCUT2D eigenvalue weighted by Gasteiger charge is -2.21. The van der Waals surface area contributed by atoms with Gasteiger partial charge in [0.2, 0.25) is 0 Å². The second-order valence-corrected chi connectivity index (χ2v) is 3.82. The van der Waals surface area contributed by atoms with Gasteiger partial charge >= 0.3 is 12.1 Å². The first-order chi connectivity index (χ1) is 8.97. The molecule has 0 fully saturated rings. The standard InChI is InChI=1S/C12H10F3NO3/c13-12(14,15)11(17)16(7-9-3-1-5-18-9)8-10-4-2-6-19-10/h1-6H,7-8H2. The largest absolute Gasteiger partial charge is 0.471 e. The molecule has 0 aliphatic heterocycles. The minimum absolute atomic E-state index is 0.268. The summed E-state index contributed by atoms with van der Waals surface area (Å²) in [4.78, 5) is 12.0. The quantitative estimate of drug-likeness (QED) is 0.860. The monoisotopic (exact) mass is 273 g/mol. The van der Waals surface area contributed by atoms with Gasteiger partial charge in [-0.3, -0.25) is 4.79 Å². The van der Waals surface area contributed by atoms with Gasteiger partial charge in [0.05, 0.1) is 25.6 Å². The van der Waals surface area contributed by atoms with Crippen molar-refractivity contribution in [3.8, 4) is 0 Å². The van der Waals surface area contributed by atoms with Crippen LogP contribution >= 0.6 is 0 Å². The summed E-state index contributed by atoms with van der Waals surface area (Å²) in [7, 11) is 0. The van der Waals surface area contributed by atoms with E-state index in [2.05, 4.69) is 0 Å². The third-order valence-corrected chi connectivity index (χ3v) is 2.38. The molecule has 2 aromatic heterocycles. The van der Waals surface area contributed by atoms with Crippen LogP contribution in [0.25, 0.3) is 0 Å². The molecule has 2 heterocycles. The maximum Gasteiger partial charge on any atom is 0.471 e. The van der Waals surface area contributed by atoms with Crippen molar-refractivity contribution in [2.24, 2.45) is 0 Å².